The van der Waals surface area contributed by atoms with E-state index in [4.69, 9.17) is 14.2 Å². The van der Waals surface area contributed by atoms with Gasteiger partial charge in [-0.2, -0.15) is 0 Å². The topological polar surface area (TPSA) is 78.9 Å². The van der Waals surface area contributed by atoms with Gasteiger partial charge in [0.05, 0.1) is 0 Å². The van der Waals surface area contributed by atoms with Gasteiger partial charge in [-0.15, -0.1) is 0 Å². The van der Waals surface area contributed by atoms with Gasteiger partial charge in [0.15, 0.2) is 6.10 Å². The van der Waals surface area contributed by atoms with E-state index in [0.29, 0.717) is 19.3 Å². The fourth-order valence-electron chi connectivity index (χ4n) is 7.64. The predicted octanol–water partition coefficient (Wildman–Crippen LogP) is 18.8. The van der Waals surface area contributed by atoms with Gasteiger partial charge in [-0.05, 0) is 109 Å². The van der Waals surface area contributed by atoms with Crippen LogP contribution in [-0.4, -0.2) is 37.2 Å². The van der Waals surface area contributed by atoms with E-state index in [1.54, 1.807) is 0 Å². The summed E-state index contributed by atoms with van der Waals surface area (Å²) in [5, 5.41) is 0. The summed E-state index contributed by atoms with van der Waals surface area (Å²) in [6.07, 6.45) is 71.5. The molecule has 384 valence electrons. The van der Waals surface area contributed by atoms with Crippen LogP contribution in [0.4, 0.5) is 0 Å². The van der Waals surface area contributed by atoms with Crippen LogP contribution in [0.3, 0.4) is 0 Å². The van der Waals surface area contributed by atoms with E-state index < -0.39 is 6.10 Å². The summed E-state index contributed by atoms with van der Waals surface area (Å²) in [7, 11) is 0. The van der Waals surface area contributed by atoms with Crippen LogP contribution in [0.5, 0.6) is 0 Å². The second-order valence-electron chi connectivity index (χ2n) is 18.5. The van der Waals surface area contributed by atoms with Crippen LogP contribution >= 0.6 is 0 Å². The Morgan fingerprint density at radius 2 is 0.612 bits per heavy atom. The second kappa shape index (κ2) is 55.2. The lowest BCUT2D eigenvalue weighted by Crippen LogP contribution is -2.30. The lowest BCUT2D eigenvalue weighted by Gasteiger charge is -2.18. The van der Waals surface area contributed by atoms with Gasteiger partial charge in [0.25, 0.3) is 0 Å². The number of carbonyl (C=O) groups is 3. The number of ether oxygens (including phenoxy) is 3. The predicted molar refractivity (Wildman–Crippen MR) is 288 cm³/mol. The number of esters is 3. The molecule has 0 bridgehead atoms. The third-order valence-corrected chi connectivity index (χ3v) is 11.8. The molecule has 0 aliphatic rings. The minimum absolute atomic E-state index is 0.0854. The molecule has 0 spiro atoms. The van der Waals surface area contributed by atoms with Crippen molar-refractivity contribution in [2.75, 3.05) is 13.2 Å². The van der Waals surface area contributed by atoms with Crippen molar-refractivity contribution < 1.29 is 28.6 Å². The average Bonchev–Trinajstić information content (AvgIpc) is 3.33. The molecule has 6 heteroatoms. The zero-order valence-electron chi connectivity index (χ0n) is 43.9. The summed E-state index contributed by atoms with van der Waals surface area (Å²) in [6, 6.07) is 0. The normalized spacial score (nSPS) is 12.7. The quantitative estimate of drug-likeness (QED) is 0.0262. The number of allylic oxidation sites excluding steroid dienone is 14. The van der Waals surface area contributed by atoms with Gasteiger partial charge < -0.3 is 14.2 Å². The SMILES string of the molecule is CC/C=C\C/C=C\C/C=C\C/C=C\C/C=C\CCCCCCCCCCCC(=O)OCC(COC(=O)CCCCCCC/C=C\CCC)OC(=O)CCCCCCC/C=C\CCCCCCC. The van der Waals surface area contributed by atoms with Gasteiger partial charge in [-0.3, -0.25) is 14.4 Å². The number of carbonyl (C=O) groups excluding carboxylic acids is 3. The first-order valence-electron chi connectivity index (χ1n) is 28.1. The van der Waals surface area contributed by atoms with Crippen molar-refractivity contribution in [2.45, 2.75) is 271 Å². The molecule has 0 aliphatic heterocycles. The highest BCUT2D eigenvalue weighted by molar-refractivity contribution is 5.71. The average molecular weight is 933 g/mol. The van der Waals surface area contributed by atoms with Gasteiger partial charge in [-0.1, -0.05) is 221 Å². The first-order valence-corrected chi connectivity index (χ1v) is 28.1. The zero-order chi connectivity index (χ0) is 48.6. The van der Waals surface area contributed by atoms with Crippen molar-refractivity contribution in [1.82, 2.24) is 0 Å². The molecule has 0 aromatic carbocycles. The van der Waals surface area contributed by atoms with Crippen molar-refractivity contribution in [3.05, 3.63) is 85.1 Å². The number of hydrogen-bond acceptors (Lipinski definition) is 6. The maximum absolute atomic E-state index is 12.8. The zero-order valence-corrected chi connectivity index (χ0v) is 43.9. The Kier molecular flexibility index (Phi) is 52.4. The Labute approximate surface area is 414 Å². The molecule has 0 saturated heterocycles. The first-order chi connectivity index (χ1) is 33.0. The molecule has 0 rings (SSSR count). The summed E-state index contributed by atoms with van der Waals surface area (Å²) in [4.78, 5) is 38.0. The third kappa shape index (κ3) is 53.4. The Morgan fingerprint density at radius 1 is 0.313 bits per heavy atom. The van der Waals surface area contributed by atoms with Crippen molar-refractivity contribution in [2.24, 2.45) is 0 Å². The minimum Gasteiger partial charge on any atom is -0.462 e. The molecule has 0 aromatic rings. The molecular weight excluding hydrogens is 829 g/mol. The van der Waals surface area contributed by atoms with Gasteiger partial charge >= 0.3 is 17.9 Å². The summed E-state index contributed by atoms with van der Waals surface area (Å²) in [6.45, 7) is 6.44. The van der Waals surface area contributed by atoms with E-state index in [2.05, 4.69) is 106 Å². The van der Waals surface area contributed by atoms with Crippen molar-refractivity contribution in [3.8, 4) is 0 Å². The summed E-state index contributed by atoms with van der Waals surface area (Å²) in [5.41, 5.74) is 0. The van der Waals surface area contributed by atoms with Crippen LogP contribution in [0.15, 0.2) is 85.1 Å². The largest absolute Gasteiger partial charge is 0.462 e. The van der Waals surface area contributed by atoms with E-state index in [9.17, 15) is 14.4 Å². The molecule has 67 heavy (non-hydrogen) atoms. The lowest BCUT2D eigenvalue weighted by atomic mass is 10.1. The molecule has 0 heterocycles. The molecular formula is C61H104O6. The van der Waals surface area contributed by atoms with Crippen LogP contribution in [0.25, 0.3) is 0 Å². The molecule has 0 radical (unpaired) electrons. The van der Waals surface area contributed by atoms with Crippen LogP contribution < -0.4 is 0 Å². The molecule has 0 amide bonds. The number of rotatable bonds is 50. The Hall–Kier alpha value is -3.41. The van der Waals surface area contributed by atoms with Crippen LogP contribution in [0, 0.1) is 0 Å². The van der Waals surface area contributed by atoms with Gasteiger partial charge in [-0.25, -0.2) is 0 Å². The van der Waals surface area contributed by atoms with Gasteiger partial charge in [0.2, 0.25) is 0 Å². The monoisotopic (exact) mass is 933 g/mol. The maximum atomic E-state index is 12.8. The Bertz CT molecular complexity index is 1300. The van der Waals surface area contributed by atoms with E-state index in [0.717, 1.165) is 122 Å². The van der Waals surface area contributed by atoms with Crippen molar-refractivity contribution in [3.63, 3.8) is 0 Å². The fraction of sp³-hybridized carbons (Fsp3) is 0.721. The van der Waals surface area contributed by atoms with Gasteiger partial charge in [0, 0.05) is 19.3 Å². The fourth-order valence-corrected chi connectivity index (χ4v) is 7.64. The first kappa shape index (κ1) is 63.6. The Morgan fingerprint density at radius 3 is 0.985 bits per heavy atom. The van der Waals surface area contributed by atoms with E-state index in [1.807, 2.05) is 0 Å². The molecule has 1 atom stereocenters. The van der Waals surface area contributed by atoms with E-state index >= 15 is 0 Å². The van der Waals surface area contributed by atoms with Gasteiger partial charge in [0.1, 0.15) is 13.2 Å². The molecule has 0 N–H and O–H groups in total. The Balaban J connectivity index is 4.27. The summed E-state index contributed by atoms with van der Waals surface area (Å²) < 4.78 is 16.8. The maximum Gasteiger partial charge on any atom is 0.306 e. The third-order valence-electron chi connectivity index (χ3n) is 11.8. The smallest absolute Gasteiger partial charge is 0.306 e. The number of hydrogen-bond donors (Lipinski definition) is 0. The van der Waals surface area contributed by atoms with Crippen LogP contribution in [0.1, 0.15) is 265 Å². The highest BCUT2D eigenvalue weighted by atomic mass is 16.6. The lowest BCUT2D eigenvalue weighted by molar-refractivity contribution is -0.167. The molecule has 6 nitrogen and oxygen atoms in total. The molecule has 0 fully saturated rings. The van der Waals surface area contributed by atoms with E-state index in [1.165, 1.54) is 103 Å². The second-order valence-corrected chi connectivity index (χ2v) is 18.5. The van der Waals surface area contributed by atoms with Crippen LogP contribution in [-0.2, 0) is 28.6 Å². The molecule has 0 saturated carbocycles. The summed E-state index contributed by atoms with van der Waals surface area (Å²) >= 11 is 0. The van der Waals surface area contributed by atoms with Crippen molar-refractivity contribution in [1.29, 1.82) is 0 Å². The highest BCUT2D eigenvalue weighted by Crippen LogP contribution is 2.15. The summed E-state index contributed by atoms with van der Waals surface area (Å²) in [5.74, 6) is -0.908. The van der Waals surface area contributed by atoms with E-state index in [-0.39, 0.29) is 31.1 Å². The van der Waals surface area contributed by atoms with Crippen molar-refractivity contribution >= 4 is 17.9 Å². The molecule has 0 aromatic heterocycles. The minimum atomic E-state index is -0.785. The molecule has 1 unspecified atom stereocenters. The van der Waals surface area contributed by atoms with Crippen LogP contribution in [0.2, 0.25) is 0 Å². The highest BCUT2D eigenvalue weighted by Gasteiger charge is 2.19. The molecule has 0 aliphatic carbocycles. The standard InChI is InChI=1S/C61H104O6/c1-4-7-10-13-16-19-22-24-26-27-28-29-30-31-32-33-34-35-36-38-39-42-45-48-51-54-60(63)66-57-58(56-65-59(62)53-50-47-44-41-21-18-15-12-9-6-3)67-61(64)55-52-49-46-43-40-37-25-23-20-17-14-11-8-5-2/h7,10,12,15-16,19,23-26,28-29,31-32,58H,4-6,8-9,11,13-14,17-18,20-22,27,30,33-57H2,1-3H3/b10-7-,15-12-,19-16-,25-23-,26-24-,29-28-,32-31-. The number of unbranched alkanes of at least 4 members (excludes halogenated alkanes) is 25.